The van der Waals surface area contributed by atoms with E-state index in [0.717, 1.165) is 51.3 Å². The minimum atomic E-state index is -0.0832. The molecule has 1 atom stereocenters. The van der Waals surface area contributed by atoms with Crippen LogP contribution in [-0.4, -0.2) is 39.4 Å². The zero-order valence-electron chi connectivity index (χ0n) is 14.7. The molecule has 0 aliphatic carbocycles. The highest BCUT2D eigenvalue weighted by Gasteiger charge is 2.26. The number of aromatic amines is 1. The van der Waals surface area contributed by atoms with Crippen LogP contribution in [0.4, 0.5) is 0 Å². The molecule has 2 aromatic heterocycles. The van der Waals surface area contributed by atoms with Crippen LogP contribution in [0, 0.1) is 0 Å². The quantitative estimate of drug-likeness (QED) is 0.888. The summed E-state index contributed by atoms with van der Waals surface area (Å²) in [6.07, 6.45) is 4.80. The molecule has 25 heavy (non-hydrogen) atoms. The number of aromatic nitrogens is 3. The minimum absolute atomic E-state index is 0.0832. The summed E-state index contributed by atoms with van der Waals surface area (Å²) >= 11 is 1.90. The van der Waals surface area contributed by atoms with E-state index in [2.05, 4.69) is 27.2 Å². The van der Waals surface area contributed by atoms with Gasteiger partial charge in [-0.15, -0.1) is 11.3 Å². The maximum absolute atomic E-state index is 11.8. The third-order valence-corrected chi connectivity index (χ3v) is 6.53. The van der Waals surface area contributed by atoms with Gasteiger partial charge in [0, 0.05) is 35.4 Å². The summed E-state index contributed by atoms with van der Waals surface area (Å²) in [4.78, 5) is 17.1. The van der Waals surface area contributed by atoms with Crippen molar-refractivity contribution >= 4 is 11.3 Å². The van der Waals surface area contributed by atoms with Crippen molar-refractivity contribution < 1.29 is 4.74 Å². The van der Waals surface area contributed by atoms with Crippen LogP contribution >= 0.6 is 11.3 Å². The Bertz CT molecular complexity index is 751. The number of likely N-dealkylation sites (tertiary alicyclic amines) is 1. The molecule has 2 aliphatic heterocycles. The van der Waals surface area contributed by atoms with Gasteiger partial charge in [-0.25, -0.2) is 9.89 Å². The van der Waals surface area contributed by atoms with Crippen LogP contribution in [0.2, 0.25) is 0 Å². The Hall–Kier alpha value is -1.44. The van der Waals surface area contributed by atoms with E-state index in [1.807, 2.05) is 18.3 Å². The van der Waals surface area contributed by atoms with Crippen LogP contribution in [0.3, 0.4) is 0 Å². The van der Waals surface area contributed by atoms with E-state index in [9.17, 15) is 4.79 Å². The summed E-state index contributed by atoms with van der Waals surface area (Å²) in [5.41, 5.74) is -0.0832. The second kappa shape index (κ2) is 7.43. The first-order valence-corrected chi connectivity index (χ1v) is 10.1. The Morgan fingerprint density at radius 3 is 2.88 bits per heavy atom. The van der Waals surface area contributed by atoms with Crippen molar-refractivity contribution in [2.45, 2.75) is 57.7 Å². The number of H-pyrrole nitrogens is 1. The fourth-order valence-electron chi connectivity index (χ4n) is 3.97. The van der Waals surface area contributed by atoms with E-state index in [1.54, 1.807) is 4.57 Å². The van der Waals surface area contributed by atoms with Gasteiger partial charge in [0.05, 0.1) is 6.10 Å². The van der Waals surface area contributed by atoms with Crippen molar-refractivity contribution in [1.29, 1.82) is 0 Å². The molecule has 4 heterocycles. The van der Waals surface area contributed by atoms with Gasteiger partial charge in [-0.2, -0.15) is 5.10 Å². The Labute approximate surface area is 151 Å². The van der Waals surface area contributed by atoms with E-state index in [4.69, 9.17) is 4.74 Å². The highest BCUT2D eigenvalue weighted by Crippen LogP contribution is 2.34. The highest BCUT2D eigenvalue weighted by atomic mass is 32.1. The second-order valence-corrected chi connectivity index (χ2v) is 8.19. The highest BCUT2D eigenvalue weighted by molar-refractivity contribution is 7.12. The first kappa shape index (κ1) is 17.0. The average molecular weight is 362 g/mol. The Kier molecular flexibility index (Phi) is 5.05. The van der Waals surface area contributed by atoms with Gasteiger partial charge in [0.25, 0.3) is 0 Å². The number of nitrogens with one attached hydrogen (secondary N) is 1. The molecule has 0 unspecified atom stereocenters. The molecule has 6 nitrogen and oxygen atoms in total. The first-order chi connectivity index (χ1) is 12.2. The van der Waals surface area contributed by atoms with Crippen molar-refractivity contribution in [2.75, 3.05) is 19.7 Å². The third-order valence-electron chi connectivity index (χ3n) is 5.37. The normalized spacial score (nSPS) is 22.7. The van der Waals surface area contributed by atoms with E-state index in [0.29, 0.717) is 18.6 Å². The number of thiophene rings is 1. The van der Waals surface area contributed by atoms with Gasteiger partial charge in [0.15, 0.2) is 0 Å². The van der Waals surface area contributed by atoms with Gasteiger partial charge >= 0.3 is 5.69 Å². The molecule has 4 rings (SSSR count). The Balaban J connectivity index is 1.33. The lowest BCUT2D eigenvalue weighted by atomic mass is 9.96. The third kappa shape index (κ3) is 3.59. The van der Waals surface area contributed by atoms with Gasteiger partial charge in [-0.05, 0) is 57.8 Å². The van der Waals surface area contributed by atoms with Crippen molar-refractivity contribution in [3.63, 3.8) is 0 Å². The lowest BCUT2D eigenvalue weighted by molar-refractivity contribution is 0.114. The molecule has 0 aromatic carbocycles. The molecular weight excluding hydrogens is 336 g/mol. The zero-order valence-corrected chi connectivity index (χ0v) is 15.6. The molecule has 2 fully saturated rings. The van der Waals surface area contributed by atoms with E-state index >= 15 is 0 Å². The summed E-state index contributed by atoms with van der Waals surface area (Å²) < 4.78 is 7.56. The molecule has 1 N–H and O–H groups in total. The lowest BCUT2D eigenvalue weighted by Crippen LogP contribution is -2.33. The lowest BCUT2D eigenvalue weighted by Gasteiger charge is -2.31. The minimum Gasteiger partial charge on any atom is -0.373 e. The van der Waals surface area contributed by atoms with Gasteiger partial charge in [-0.1, -0.05) is 0 Å². The van der Waals surface area contributed by atoms with Gasteiger partial charge in [0.2, 0.25) is 0 Å². The summed E-state index contributed by atoms with van der Waals surface area (Å²) in [7, 11) is 0. The van der Waals surface area contributed by atoms with E-state index in [-0.39, 0.29) is 5.69 Å². The van der Waals surface area contributed by atoms with Crippen molar-refractivity contribution in [1.82, 2.24) is 19.7 Å². The summed E-state index contributed by atoms with van der Waals surface area (Å²) in [6.45, 7) is 6.72. The molecule has 2 aliphatic rings. The maximum Gasteiger partial charge on any atom is 0.343 e. The Morgan fingerprint density at radius 1 is 1.32 bits per heavy atom. The summed E-state index contributed by atoms with van der Waals surface area (Å²) in [5.74, 6) is 1.32. The maximum atomic E-state index is 11.8. The number of rotatable bonds is 5. The molecule has 7 heteroatoms. The van der Waals surface area contributed by atoms with Crippen LogP contribution in [0.25, 0.3) is 0 Å². The number of piperidine rings is 1. The van der Waals surface area contributed by atoms with Crippen LogP contribution in [-0.2, 0) is 17.8 Å². The smallest absolute Gasteiger partial charge is 0.343 e. The number of hydrogen-bond acceptors (Lipinski definition) is 5. The zero-order chi connectivity index (χ0) is 17.2. The molecular formula is C18H26N4O2S. The molecule has 2 aromatic rings. The van der Waals surface area contributed by atoms with E-state index < -0.39 is 0 Å². The fraction of sp³-hybridized carbons (Fsp3) is 0.667. The van der Waals surface area contributed by atoms with Crippen molar-refractivity contribution in [2.24, 2.45) is 0 Å². The van der Waals surface area contributed by atoms with Crippen molar-refractivity contribution in [3.05, 3.63) is 38.2 Å². The average Bonchev–Trinajstić information content (AvgIpc) is 3.36. The molecule has 0 amide bonds. The number of nitrogens with zero attached hydrogens (tertiary/aromatic N) is 3. The molecule has 2 saturated heterocycles. The molecule has 0 saturated carbocycles. The Morgan fingerprint density at radius 2 is 2.16 bits per heavy atom. The van der Waals surface area contributed by atoms with Gasteiger partial charge in [-0.3, -0.25) is 9.47 Å². The van der Waals surface area contributed by atoms with Gasteiger partial charge in [0.1, 0.15) is 5.82 Å². The predicted octanol–water partition coefficient (Wildman–Crippen LogP) is 2.88. The van der Waals surface area contributed by atoms with E-state index in [1.165, 1.54) is 16.2 Å². The monoisotopic (exact) mass is 362 g/mol. The molecule has 136 valence electrons. The molecule has 0 bridgehead atoms. The summed E-state index contributed by atoms with van der Waals surface area (Å²) in [6, 6.07) is 4.50. The summed E-state index contributed by atoms with van der Waals surface area (Å²) in [5, 5.41) is 6.86. The standard InChI is InChI=1S/C18H26N4O2S/c1-2-22-17(19-20-18(22)23)13-7-9-21(10-8-13)12-14-5-6-16(25-14)15-4-3-11-24-15/h5-6,13,15H,2-4,7-12H2,1H3,(H,20,23)/t15-/m1/s1. The largest absolute Gasteiger partial charge is 0.373 e. The van der Waals surface area contributed by atoms with Crippen LogP contribution in [0.15, 0.2) is 16.9 Å². The van der Waals surface area contributed by atoms with Crippen molar-refractivity contribution in [3.8, 4) is 0 Å². The number of hydrogen-bond donors (Lipinski definition) is 1. The number of ether oxygens (including phenoxy) is 1. The predicted molar refractivity (Wildman–Crippen MR) is 98.0 cm³/mol. The molecule has 0 radical (unpaired) electrons. The topological polar surface area (TPSA) is 63.1 Å². The fourth-order valence-corrected chi connectivity index (χ4v) is 5.11. The molecule has 0 spiro atoms. The first-order valence-electron chi connectivity index (χ1n) is 9.32. The SMILES string of the molecule is CCn1c(C2CCN(Cc3ccc([C@H]4CCCO4)s3)CC2)n[nH]c1=O. The van der Waals surface area contributed by atoms with Crippen LogP contribution < -0.4 is 5.69 Å². The second-order valence-electron chi connectivity index (χ2n) is 6.99. The van der Waals surface area contributed by atoms with Gasteiger partial charge < -0.3 is 4.74 Å². The van der Waals surface area contributed by atoms with Crippen LogP contribution in [0.1, 0.15) is 60.2 Å². The van der Waals surface area contributed by atoms with Crippen LogP contribution in [0.5, 0.6) is 0 Å².